The number of rotatable bonds is 6. The molecular formula is C15H16N2O3. The van der Waals surface area contributed by atoms with Crippen molar-refractivity contribution in [2.75, 3.05) is 6.61 Å². The predicted molar refractivity (Wildman–Crippen MR) is 75.5 cm³/mol. The van der Waals surface area contributed by atoms with E-state index in [9.17, 15) is 4.79 Å². The summed E-state index contributed by atoms with van der Waals surface area (Å²) in [6, 6.07) is 7.30. The van der Waals surface area contributed by atoms with Crippen LogP contribution < -0.4 is 4.74 Å². The molecule has 0 aliphatic heterocycles. The van der Waals surface area contributed by atoms with Gasteiger partial charge in [-0.1, -0.05) is 12.1 Å². The molecule has 104 valence electrons. The van der Waals surface area contributed by atoms with E-state index >= 15 is 0 Å². The molecule has 1 aromatic carbocycles. The highest BCUT2D eigenvalue weighted by Gasteiger charge is 2.00. The minimum absolute atomic E-state index is 0.525. The van der Waals surface area contributed by atoms with Crippen LogP contribution in [0, 0.1) is 0 Å². The second-order valence-corrected chi connectivity index (χ2v) is 4.30. The summed E-state index contributed by atoms with van der Waals surface area (Å²) in [7, 11) is 1.94. The van der Waals surface area contributed by atoms with Gasteiger partial charge in [-0.3, -0.25) is 0 Å². The van der Waals surface area contributed by atoms with Crippen LogP contribution in [-0.4, -0.2) is 27.2 Å². The third kappa shape index (κ3) is 3.98. The number of hydrogen-bond donors (Lipinski definition) is 1. The number of aliphatic carboxylic acids is 1. The lowest BCUT2D eigenvalue weighted by molar-refractivity contribution is -0.131. The van der Waals surface area contributed by atoms with E-state index in [1.165, 1.54) is 6.08 Å². The minimum atomic E-state index is -0.967. The van der Waals surface area contributed by atoms with Crippen molar-refractivity contribution in [1.29, 1.82) is 0 Å². The number of ether oxygens (including phenoxy) is 1. The van der Waals surface area contributed by atoms with E-state index in [1.807, 2.05) is 36.0 Å². The number of benzene rings is 1. The zero-order chi connectivity index (χ0) is 14.4. The molecule has 0 aliphatic rings. The van der Waals surface area contributed by atoms with Crippen molar-refractivity contribution in [3.63, 3.8) is 0 Å². The van der Waals surface area contributed by atoms with Crippen molar-refractivity contribution in [2.24, 2.45) is 7.05 Å². The second kappa shape index (κ2) is 6.56. The van der Waals surface area contributed by atoms with E-state index in [0.29, 0.717) is 12.4 Å². The molecule has 2 rings (SSSR count). The average molecular weight is 272 g/mol. The van der Waals surface area contributed by atoms with Crippen molar-refractivity contribution < 1.29 is 14.6 Å². The van der Waals surface area contributed by atoms with Gasteiger partial charge >= 0.3 is 5.97 Å². The number of nitrogens with zero attached hydrogens (tertiary/aromatic N) is 2. The molecule has 5 nitrogen and oxygen atoms in total. The standard InChI is InChI=1S/C15H16N2O3/c1-17-9-8-16-14(17)7-10-20-13-4-2-3-12(11-13)5-6-15(18)19/h2-6,8-9,11H,7,10H2,1H3,(H,18,19)/b6-5+. The zero-order valence-electron chi connectivity index (χ0n) is 11.2. The van der Waals surface area contributed by atoms with Gasteiger partial charge in [-0.15, -0.1) is 0 Å². The Morgan fingerprint density at radius 1 is 1.50 bits per heavy atom. The first-order valence-corrected chi connectivity index (χ1v) is 6.25. The lowest BCUT2D eigenvalue weighted by Crippen LogP contribution is -2.06. The molecular weight excluding hydrogens is 256 g/mol. The summed E-state index contributed by atoms with van der Waals surface area (Å²) in [4.78, 5) is 14.7. The van der Waals surface area contributed by atoms with Crippen molar-refractivity contribution in [1.82, 2.24) is 9.55 Å². The zero-order valence-corrected chi connectivity index (χ0v) is 11.2. The van der Waals surface area contributed by atoms with Crippen LogP contribution in [0.2, 0.25) is 0 Å². The maximum Gasteiger partial charge on any atom is 0.328 e. The highest BCUT2D eigenvalue weighted by Crippen LogP contribution is 2.14. The Morgan fingerprint density at radius 3 is 3.05 bits per heavy atom. The highest BCUT2D eigenvalue weighted by molar-refractivity contribution is 5.85. The van der Waals surface area contributed by atoms with E-state index in [-0.39, 0.29) is 0 Å². The highest BCUT2D eigenvalue weighted by atomic mass is 16.5. The Kier molecular flexibility index (Phi) is 4.55. The first-order chi connectivity index (χ1) is 9.65. The third-order valence-electron chi connectivity index (χ3n) is 2.79. The van der Waals surface area contributed by atoms with Crippen LogP contribution in [0.5, 0.6) is 5.75 Å². The number of aryl methyl sites for hydroxylation is 1. The molecule has 0 amide bonds. The largest absolute Gasteiger partial charge is 0.493 e. The lowest BCUT2D eigenvalue weighted by atomic mass is 10.2. The van der Waals surface area contributed by atoms with Crippen LogP contribution in [0.4, 0.5) is 0 Å². The summed E-state index contributed by atoms with van der Waals surface area (Å²) in [6.07, 6.45) is 7.01. The van der Waals surface area contributed by atoms with Gasteiger partial charge < -0.3 is 14.4 Å². The monoisotopic (exact) mass is 272 g/mol. The molecule has 0 aliphatic carbocycles. The fourth-order valence-electron chi connectivity index (χ4n) is 1.77. The molecule has 0 saturated carbocycles. The number of carboxylic acids is 1. The van der Waals surface area contributed by atoms with Crippen LogP contribution >= 0.6 is 0 Å². The van der Waals surface area contributed by atoms with E-state index in [0.717, 1.165) is 23.9 Å². The van der Waals surface area contributed by atoms with Gasteiger partial charge in [0.25, 0.3) is 0 Å². The summed E-state index contributed by atoms with van der Waals surface area (Å²) in [5.41, 5.74) is 0.793. The number of aromatic nitrogens is 2. The van der Waals surface area contributed by atoms with E-state index in [2.05, 4.69) is 4.98 Å². The Morgan fingerprint density at radius 2 is 2.35 bits per heavy atom. The topological polar surface area (TPSA) is 64.4 Å². The van der Waals surface area contributed by atoms with Gasteiger partial charge in [-0.2, -0.15) is 0 Å². The van der Waals surface area contributed by atoms with E-state index in [4.69, 9.17) is 9.84 Å². The number of imidazole rings is 1. The van der Waals surface area contributed by atoms with Gasteiger partial charge in [-0.25, -0.2) is 9.78 Å². The molecule has 0 spiro atoms. The molecule has 0 atom stereocenters. The van der Waals surface area contributed by atoms with Crippen molar-refractivity contribution in [2.45, 2.75) is 6.42 Å². The lowest BCUT2D eigenvalue weighted by Gasteiger charge is -2.07. The Labute approximate surface area is 117 Å². The Bertz CT molecular complexity index is 617. The number of carboxylic acid groups (broad SMARTS) is 1. The number of hydrogen-bond acceptors (Lipinski definition) is 3. The molecule has 0 unspecified atom stereocenters. The molecule has 1 N–H and O–H groups in total. The summed E-state index contributed by atoms with van der Waals surface area (Å²) >= 11 is 0. The van der Waals surface area contributed by atoms with Gasteiger partial charge in [0.1, 0.15) is 11.6 Å². The first kappa shape index (κ1) is 13.9. The van der Waals surface area contributed by atoms with Crippen LogP contribution in [0.3, 0.4) is 0 Å². The van der Waals surface area contributed by atoms with Gasteiger partial charge in [0.2, 0.25) is 0 Å². The van der Waals surface area contributed by atoms with Gasteiger partial charge in [0.05, 0.1) is 6.61 Å². The molecule has 5 heteroatoms. The fourth-order valence-corrected chi connectivity index (χ4v) is 1.77. The molecule has 2 aromatic rings. The van der Waals surface area contributed by atoms with Crippen molar-refractivity contribution in [3.8, 4) is 5.75 Å². The second-order valence-electron chi connectivity index (χ2n) is 4.30. The maximum atomic E-state index is 10.5. The van der Waals surface area contributed by atoms with Crippen LogP contribution in [-0.2, 0) is 18.3 Å². The molecule has 1 aromatic heterocycles. The minimum Gasteiger partial charge on any atom is -0.493 e. The molecule has 0 bridgehead atoms. The van der Waals surface area contributed by atoms with Gasteiger partial charge in [0.15, 0.2) is 0 Å². The fraction of sp³-hybridized carbons (Fsp3) is 0.200. The molecule has 0 radical (unpaired) electrons. The maximum absolute atomic E-state index is 10.5. The molecule has 0 saturated heterocycles. The predicted octanol–water partition coefficient (Wildman–Crippen LogP) is 2.14. The molecule has 1 heterocycles. The van der Waals surface area contributed by atoms with Crippen LogP contribution in [0.1, 0.15) is 11.4 Å². The summed E-state index contributed by atoms with van der Waals surface area (Å²) in [5.74, 6) is 0.713. The van der Waals surface area contributed by atoms with Crippen LogP contribution in [0.15, 0.2) is 42.7 Å². The quantitative estimate of drug-likeness (QED) is 0.818. The SMILES string of the molecule is Cn1ccnc1CCOc1cccc(/C=C/C(=O)O)c1. The smallest absolute Gasteiger partial charge is 0.328 e. The van der Waals surface area contributed by atoms with Gasteiger partial charge in [-0.05, 0) is 23.8 Å². The van der Waals surface area contributed by atoms with Gasteiger partial charge in [0, 0.05) is 31.9 Å². The average Bonchev–Trinajstić information content (AvgIpc) is 2.83. The van der Waals surface area contributed by atoms with Crippen molar-refractivity contribution in [3.05, 3.63) is 54.1 Å². The number of carbonyl (C=O) groups is 1. The van der Waals surface area contributed by atoms with Crippen LogP contribution in [0.25, 0.3) is 6.08 Å². The molecule has 20 heavy (non-hydrogen) atoms. The Hall–Kier alpha value is -2.56. The third-order valence-corrected chi connectivity index (χ3v) is 2.79. The van der Waals surface area contributed by atoms with E-state index in [1.54, 1.807) is 12.3 Å². The van der Waals surface area contributed by atoms with E-state index < -0.39 is 5.97 Å². The summed E-state index contributed by atoms with van der Waals surface area (Å²) in [5, 5.41) is 8.59. The molecule has 0 fully saturated rings. The first-order valence-electron chi connectivity index (χ1n) is 6.25. The summed E-state index contributed by atoms with van der Waals surface area (Å²) < 4.78 is 7.60. The summed E-state index contributed by atoms with van der Waals surface area (Å²) in [6.45, 7) is 0.525. The normalized spacial score (nSPS) is 10.8. The van der Waals surface area contributed by atoms with Crippen molar-refractivity contribution >= 4 is 12.0 Å². The Balaban J connectivity index is 1.91.